The third-order valence-corrected chi connectivity index (χ3v) is 3.12. The van der Waals surface area contributed by atoms with Crippen LogP contribution >= 0.6 is 11.8 Å². The molecule has 2 nitrogen and oxygen atoms in total. The average Bonchev–Trinajstić information content (AvgIpc) is 2.72. The van der Waals surface area contributed by atoms with Crippen molar-refractivity contribution in [2.24, 2.45) is 0 Å². The van der Waals surface area contributed by atoms with Crippen LogP contribution in [0.15, 0.2) is 29.2 Å². The molecule has 0 radical (unpaired) electrons. The maximum Gasteiger partial charge on any atom is 0.119 e. The lowest BCUT2D eigenvalue weighted by Crippen LogP contribution is -2.19. The van der Waals surface area contributed by atoms with E-state index >= 15 is 0 Å². The van der Waals surface area contributed by atoms with Crippen molar-refractivity contribution in [2.45, 2.75) is 17.4 Å². The highest BCUT2D eigenvalue weighted by Crippen LogP contribution is 2.20. The SMILES string of the molecule is CSc1ccc(O[C@H]2CCNC2)cc1. The van der Waals surface area contributed by atoms with Crippen LogP contribution in [0.4, 0.5) is 0 Å². The van der Waals surface area contributed by atoms with Gasteiger partial charge in [-0.2, -0.15) is 0 Å². The lowest BCUT2D eigenvalue weighted by atomic mass is 10.3. The van der Waals surface area contributed by atoms with E-state index in [0.717, 1.165) is 25.3 Å². The average molecular weight is 209 g/mol. The first kappa shape index (κ1) is 9.87. The molecular formula is C11H15NOS. The highest BCUT2D eigenvalue weighted by Gasteiger charge is 2.15. The van der Waals surface area contributed by atoms with Gasteiger partial charge in [-0.3, -0.25) is 0 Å². The standard InChI is InChI=1S/C11H15NOS/c1-14-11-4-2-9(3-5-11)13-10-6-7-12-8-10/h2-5,10,12H,6-8H2,1H3/t10-/m0/s1. The van der Waals surface area contributed by atoms with Gasteiger partial charge < -0.3 is 10.1 Å². The van der Waals surface area contributed by atoms with Gasteiger partial charge >= 0.3 is 0 Å². The van der Waals surface area contributed by atoms with E-state index in [1.54, 1.807) is 11.8 Å². The molecule has 1 heterocycles. The fourth-order valence-electron chi connectivity index (χ4n) is 1.58. The topological polar surface area (TPSA) is 21.3 Å². The number of benzene rings is 1. The highest BCUT2D eigenvalue weighted by molar-refractivity contribution is 7.98. The second-order valence-corrected chi connectivity index (χ2v) is 4.29. The molecular weight excluding hydrogens is 194 g/mol. The molecule has 3 heteroatoms. The van der Waals surface area contributed by atoms with Crippen LogP contribution in [0.1, 0.15) is 6.42 Å². The molecule has 0 aliphatic carbocycles. The Morgan fingerprint density at radius 2 is 2.14 bits per heavy atom. The van der Waals surface area contributed by atoms with Crippen LogP contribution in [0.3, 0.4) is 0 Å². The van der Waals surface area contributed by atoms with Gasteiger partial charge in [-0.15, -0.1) is 11.8 Å². The zero-order valence-electron chi connectivity index (χ0n) is 8.32. The smallest absolute Gasteiger partial charge is 0.119 e. The zero-order valence-corrected chi connectivity index (χ0v) is 9.14. The van der Waals surface area contributed by atoms with Crippen molar-refractivity contribution in [3.63, 3.8) is 0 Å². The van der Waals surface area contributed by atoms with Crippen molar-refractivity contribution in [3.8, 4) is 5.75 Å². The van der Waals surface area contributed by atoms with Crippen molar-refractivity contribution in [1.82, 2.24) is 5.32 Å². The third-order valence-electron chi connectivity index (χ3n) is 2.38. The second kappa shape index (κ2) is 4.71. The highest BCUT2D eigenvalue weighted by atomic mass is 32.2. The van der Waals surface area contributed by atoms with E-state index in [0.29, 0.717) is 6.10 Å². The van der Waals surface area contributed by atoms with Gasteiger partial charge in [0.25, 0.3) is 0 Å². The number of rotatable bonds is 3. The summed E-state index contributed by atoms with van der Waals surface area (Å²) in [5.41, 5.74) is 0. The van der Waals surface area contributed by atoms with Gasteiger partial charge in [-0.05, 0) is 43.5 Å². The normalized spacial score (nSPS) is 21.1. The van der Waals surface area contributed by atoms with Gasteiger partial charge in [0.1, 0.15) is 11.9 Å². The van der Waals surface area contributed by atoms with E-state index in [4.69, 9.17) is 4.74 Å². The minimum absolute atomic E-state index is 0.357. The maximum atomic E-state index is 5.80. The molecule has 1 fully saturated rings. The Morgan fingerprint density at radius 1 is 1.36 bits per heavy atom. The molecule has 1 N–H and O–H groups in total. The number of thioether (sulfide) groups is 1. The molecule has 0 aromatic heterocycles. The fraction of sp³-hybridized carbons (Fsp3) is 0.455. The van der Waals surface area contributed by atoms with Gasteiger partial charge in [0.2, 0.25) is 0 Å². The first-order valence-electron chi connectivity index (χ1n) is 4.90. The summed E-state index contributed by atoms with van der Waals surface area (Å²) in [6.45, 7) is 2.05. The number of ether oxygens (including phenoxy) is 1. The molecule has 1 aliphatic heterocycles. The third kappa shape index (κ3) is 2.42. The van der Waals surface area contributed by atoms with Gasteiger partial charge in [0.05, 0.1) is 0 Å². The van der Waals surface area contributed by atoms with Crippen molar-refractivity contribution < 1.29 is 4.74 Å². The molecule has 0 spiro atoms. The van der Waals surface area contributed by atoms with Crippen LogP contribution in [-0.4, -0.2) is 25.4 Å². The van der Waals surface area contributed by atoms with Crippen molar-refractivity contribution in [3.05, 3.63) is 24.3 Å². The predicted molar refractivity (Wildman–Crippen MR) is 60.1 cm³/mol. The Kier molecular flexibility index (Phi) is 3.32. The summed E-state index contributed by atoms with van der Waals surface area (Å²) < 4.78 is 5.80. The van der Waals surface area contributed by atoms with E-state index < -0.39 is 0 Å². The van der Waals surface area contributed by atoms with Gasteiger partial charge in [-0.1, -0.05) is 0 Å². The summed E-state index contributed by atoms with van der Waals surface area (Å²) >= 11 is 1.75. The lowest BCUT2D eigenvalue weighted by Gasteiger charge is -2.12. The summed E-state index contributed by atoms with van der Waals surface area (Å²) in [4.78, 5) is 1.28. The molecule has 76 valence electrons. The molecule has 1 atom stereocenters. The second-order valence-electron chi connectivity index (χ2n) is 3.41. The van der Waals surface area contributed by atoms with E-state index in [2.05, 4.69) is 23.7 Å². The molecule has 1 aliphatic rings. The van der Waals surface area contributed by atoms with Crippen molar-refractivity contribution in [2.75, 3.05) is 19.3 Å². The van der Waals surface area contributed by atoms with Crippen LogP contribution in [0, 0.1) is 0 Å². The molecule has 2 rings (SSSR count). The zero-order chi connectivity index (χ0) is 9.80. The largest absolute Gasteiger partial charge is 0.489 e. The Balaban J connectivity index is 1.95. The van der Waals surface area contributed by atoms with Gasteiger partial charge in [-0.25, -0.2) is 0 Å². The molecule has 0 bridgehead atoms. The van der Waals surface area contributed by atoms with Crippen LogP contribution < -0.4 is 10.1 Å². The molecule has 0 unspecified atom stereocenters. The first-order chi connectivity index (χ1) is 6.88. The first-order valence-corrected chi connectivity index (χ1v) is 6.12. The Labute approximate surface area is 89.0 Å². The van der Waals surface area contributed by atoms with Crippen molar-refractivity contribution >= 4 is 11.8 Å². The Morgan fingerprint density at radius 3 is 2.71 bits per heavy atom. The van der Waals surface area contributed by atoms with E-state index in [1.165, 1.54) is 4.90 Å². The lowest BCUT2D eigenvalue weighted by molar-refractivity contribution is 0.223. The van der Waals surface area contributed by atoms with Gasteiger partial charge in [0.15, 0.2) is 0 Å². The van der Waals surface area contributed by atoms with Crippen molar-refractivity contribution in [1.29, 1.82) is 0 Å². The summed E-state index contributed by atoms with van der Waals surface area (Å²) in [5, 5.41) is 3.29. The predicted octanol–water partition coefficient (Wildman–Crippen LogP) is 2.15. The number of hydrogen-bond acceptors (Lipinski definition) is 3. The minimum atomic E-state index is 0.357. The van der Waals surface area contributed by atoms with Crippen LogP contribution in [0.5, 0.6) is 5.75 Å². The minimum Gasteiger partial charge on any atom is -0.489 e. The number of nitrogens with one attached hydrogen (secondary N) is 1. The van der Waals surface area contributed by atoms with E-state index in [1.807, 2.05) is 12.1 Å². The molecule has 1 saturated heterocycles. The summed E-state index contributed by atoms with van der Waals surface area (Å²) in [6.07, 6.45) is 3.55. The Bertz CT molecular complexity index is 280. The molecule has 14 heavy (non-hydrogen) atoms. The van der Waals surface area contributed by atoms with Crippen LogP contribution in [-0.2, 0) is 0 Å². The Hall–Kier alpha value is -0.670. The molecule has 0 saturated carbocycles. The quantitative estimate of drug-likeness (QED) is 0.771. The molecule has 0 amide bonds. The van der Waals surface area contributed by atoms with Crippen LogP contribution in [0.2, 0.25) is 0 Å². The van der Waals surface area contributed by atoms with Crippen LogP contribution in [0.25, 0.3) is 0 Å². The molecule has 1 aromatic rings. The fourth-order valence-corrected chi connectivity index (χ4v) is 1.98. The van der Waals surface area contributed by atoms with E-state index in [-0.39, 0.29) is 0 Å². The maximum absolute atomic E-state index is 5.80. The summed E-state index contributed by atoms with van der Waals surface area (Å²) in [7, 11) is 0. The monoisotopic (exact) mass is 209 g/mol. The van der Waals surface area contributed by atoms with Gasteiger partial charge in [0, 0.05) is 11.4 Å². The van der Waals surface area contributed by atoms with E-state index in [9.17, 15) is 0 Å². The summed E-state index contributed by atoms with van der Waals surface area (Å²) in [6, 6.07) is 8.29. The summed E-state index contributed by atoms with van der Waals surface area (Å²) in [5.74, 6) is 0.983. The number of hydrogen-bond donors (Lipinski definition) is 1. The molecule has 1 aromatic carbocycles.